The SMILES string of the molecule is COc1cccc(N(C)C(=O)N2CCN(C3COC3)CC2)c1. The number of methoxy groups -OCH3 is 1. The zero-order chi connectivity index (χ0) is 15.5. The molecular weight excluding hydrogens is 282 g/mol. The van der Waals surface area contributed by atoms with Crippen LogP contribution < -0.4 is 9.64 Å². The van der Waals surface area contributed by atoms with Crippen LogP contribution in [0.1, 0.15) is 0 Å². The van der Waals surface area contributed by atoms with Crippen molar-refractivity contribution >= 4 is 11.7 Å². The predicted molar refractivity (Wildman–Crippen MR) is 84.5 cm³/mol. The van der Waals surface area contributed by atoms with Crippen LogP contribution in [-0.2, 0) is 4.74 Å². The number of anilines is 1. The topological polar surface area (TPSA) is 45.2 Å². The second-order valence-electron chi connectivity index (χ2n) is 5.76. The molecule has 120 valence electrons. The van der Waals surface area contributed by atoms with Gasteiger partial charge in [-0.3, -0.25) is 9.80 Å². The molecule has 2 saturated heterocycles. The third kappa shape index (κ3) is 3.03. The number of benzene rings is 1. The summed E-state index contributed by atoms with van der Waals surface area (Å²) in [6, 6.07) is 8.15. The summed E-state index contributed by atoms with van der Waals surface area (Å²) in [7, 11) is 3.44. The smallest absolute Gasteiger partial charge is 0.324 e. The van der Waals surface area contributed by atoms with Crippen molar-refractivity contribution in [2.75, 3.05) is 58.5 Å². The molecule has 0 N–H and O–H groups in total. The summed E-state index contributed by atoms with van der Waals surface area (Å²) in [5.41, 5.74) is 0.846. The van der Waals surface area contributed by atoms with E-state index in [0.29, 0.717) is 6.04 Å². The highest BCUT2D eigenvalue weighted by atomic mass is 16.5. The normalized spacial score (nSPS) is 19.6. The third-order valence-electron chi connectivity index (χ3n) is 4.45. The van der Waals surface area contributed by atoms with Crippen LogP contribution in [0, 0.1) is 0 Å². The molecule has 0 saturated carbocycles. The molecule has 0 radical (unpaired) electrons. The lowest BCUT2D eigenvalue weighted by Gasteiger charge is -2.43. The summed E-state index contributed by atoms with van der Waals surface area (Å²) in [5, 5.41) is 0. The highest BCUT2D eigenvalue weighted by Gasteiger charge is 2.31. The van der Waals surface area contributed by atoms with Crippen LogP contribution in [0.15, 0.2) is 24.3 Å². The Labute approximate surface area is 131 Å². The molecule has 2 aliphatic heterocycles. The van der Waals surface area contributed by atoms with Crippen LogP contribution >= 0.6 is 0 Å². The maximum Gasteiger partial charge on any atom is 0.324 e. The second-order valence-corrected chi connectivity index (χ2v) is 5.76. The van der Waals surface area contributed by atoms with Crippen molar-refractivity contribution in [1.29, 1.82) is 0 Å². The van der Waals surface area contributed by atoms with Crippen molar-refractivity contribution in [3.05, 3.63) is 24.3 Å². The fraction of sp³-hybridized carbons (Fsp3) is 0.562. The Morgan fingerprint density at radius 1 is 1.27 bits per heavy atom. The Balaban J connectivity index is 1.58. The first kappa shape index (κ1) is 15.1. The van der Waals surface area contributed by atoms with Gasteiger partial charge >= 0.3 is 6.03 Å². The van der Waals surface area contributed by atoms with E-state index in [9.17, 15) is 4.79 Å². The lowest BCUT2D eigenvalue weighted by atomic mass is 10.2. The first-order chi connectivity index (χ1) is 10.7. The van der Waals surface area contributed by atoms with Gasteiger partial charge in [0.05, 0.1) is 26.4 Å². The van der Waals surface area contributed by atoms with Crippen molar-refractivity contribution in [1.82, 2.24) is 9.80 Å². The number of carbonyl (C=O) groups is 1. The standard InChI is InChI=1S/C16H23N3O3/c1-17(13-4-3-5-15(10-13)21-2)16(20)19-8-6-18(7-9-19)14-11-22-12-14/h3-5,10,14H,6-9,11-12H2,1-2H3. The fourth-order valence-electron chi connectivity index (χ4n) is 2.85. The minimum atomic E-state index is 0.0396. The van der Waals surface area contributed by atoms with E-state index in [4.69, 9.17) is 9.47 Å². The van der Waals surface area contributed by atoms with Gasteiger partial charge in [0.25, 0.3) is 0 Å². The monoisotopic (exact) mass is 305 g/mol. The number of carbonyl (C=O) groups excluding carboxylic acids is 1. The Hall–Kier alpha value is -1.79. The van der Waals surface area contributed by atoms with Crippen LogP contribution in [0.2, 0.25) is 0 Å². The van der Waals surface area contributed by atoms with Crippen molar-refractivity contribution in [2.45, 2.75) is 6.04 Å². The van der Waals surface area contributed by atoms with Crippen molar-refractivity contribution in [3.8, 4) is 5.75 Å². The third-order valence-corrected chi connectivity index (χ3v) is 4.45. The molecule has 6 nitrogen and oxygen atoms in total. The van der Waals surface area contributed by atoms with Gasteiger partial charge < -0.3 is 14.4 Å². The molecule has 0 spiro atoms. The van der Waals surface area contributed by atoms with E-state index >= 15 is 0 Å². The Kier molecular flexibility index (Phi) is 4.49. The van der Waals surface area contributed by atoms with Gasteiger partial charge in [-0.15, -0.1) is 0 Å². The van der Waals surface area contributed by atoms with E-state index < -0.39 is 0 Å². The molecule has 2 aliphatic rings. The molecule has 0 aliphatic carbocycles. The van der Waals surface area contributed by atoms with Gasteiger partial charge in [-0.2, -0.15) is 0 Å². The van der Waals surface area contributed by atoms with Crippen molar-refractivity contribution in [3.63, 3.8) is 0 Å². The summed E-state index contributed by atoms with van der Waals surface area (Å²) in [6.07, 6.45) is 0. The number of urea groups is 1. The van der Waals surface area contributed by atoms with E-state index in [1.54, 1.807) is 12.0 Å². The van der Waals surface area contributed by atoms with Gasteiger partial charge in [-0.1, -0.05) is 6.07 Å². The highest BCUT2D eigenvalue weighted by Crippen LogP contribution is 2.21. The van der Waals surface area contributed by atoms with Crippen LogP contribution in [0.4, 0.5) is 10.5 Å². The zero-order valence-electron chi connectivity index (χ0n) is 13.2. The molecule has 2 amide bonds. The molecule has 1 aromatic rings. The van der Waals surface area contributed by atoms with Crippen LogP contribution in [0.3, 0.4) is 0 Å². The summed E-state index contributed by atoms with van der Waals surface area (Å²) in [6.45, 7) is 5.04. The van der Waals surface area contributed by atoms with Gasteiger partial charge in [0.15, 0.2) is 0 Å². The maximum atomic E-state index is 12.6. The van der Waals surface area contributed by atoms with Gasteiger partial charge in [-0.25, -0.2) is 4.79 Å². The molecule has 1 aromatic carbocycles. The summed E-state index contributed by atoms with van der Waals surface area (Å²) in [4.78, 5) is 18.6. The Morgan fingerprint density at radius 2 is 2.00 bits per heavy atom. The summed E-state index contributed by atoms with van der Waals surface area (Å²) >= 11 is 0. The minimum Gasteiger partial charge on any atom is -0.497 e. The Morgan fingerprint density at radius 3 is 2.59 bits per heavy atom. The molecule has 0 atom stereocenters. The number of piperazine rings is 1. The molecule has 3 rings (SSSR count). The number of ether oxygens (including phenoxy) is 2. The average molecular weight is 305 g/mol. The average Bonchev–Trinajstić information content (AvgIpc) is 2.52. The largest absolute Gasteiger partial charge is 0.497 e. The first-order valence-corrected chi connectivity index (χ1v) is 7.67. The van der Waals surface area contributed by atoms with Crippen LogP contribution in [-0.4, -0.2) is 75.4 Å². The lowest BCUT2D eigenvalue weighted by molar-refractivity contribution is -0.0738. The Bertz CT molecular complexity index is 525. The van der Waals surface area contributed by atoms with E-state index in [-0.39, 0.29) is 6.03 Å². The fourth-order valence-corrected chi connectivity index (χ4v) is 2.85. The summed E-state index contributed by atoms with van der Waals surface area (Å²) < 4.78 is 10.5. The number of hydrogen-bond donors (Lipinski definition) is 0. The number of rotatable bonds is 3. The molecular formula is C16H23N3O3. The van der Waals surface area contributed by atoms with E-state index in [2.05, 4.69) is 4.90 Å². The lowest BCUT2D eigenvalue weighted by Crippen LogP contribution is -2.58. The van der Waals surface area contributed by atoms with Gasteiger partial charge in [-0.05, 0) is 12.1 Å². The maximum absolute atomic E-state index is 12.6. The van der Waals surface area contributed by atoms with Crippen LogP contribution in [0.25, 0.3) is 0 Å². The zero-order valence-corrected chi connectivity index (χ0v) is 13.2. The second kappa shape index (κ2) is 6.54. The minimum absolute atomic E-state index is 0.0396. The van der Waals surface area contributed by atoms with Crippen molar-refractivity contribution in [2.24, 2.45) is 0 Å². The molecule has 0 bridgehead atoms. The predicted octanol–water partition coefficient (Wildman–Crippen LogP) is 1.27. The molecule has 22 heavy (non-hydrogen) atoms. The molecule has 6 heteroatoms. The van der Waals surface area contributed by atoms with Crippen LogP contribution in [0.5, 0.6) is 5.75 Å². The van der Waals surface area contributed by atoms with E-state index in [1.165, 1.54) is 0 Å². The van der Waals surface area contributed by atoms with Gasteiger partial charge in [0.1, 0.15) is 5.75 Å². The van der Waals surface area contributed by atoms with E-state index in [0.717, 1.165) is 50.8 Å². The molecule has 2 fully saturated rings. The molecule has 0 unspecified atom stereocenters. The van der Waals surface area contributed by atoms with Crippen molar-refractivity contribution < 1.29 is 14.3 Å². The highest BCUT2D eigenvalue weighted by molar-refractivity contribution is 5.91. The molecule has 2 heterocycles. The number of hydrogen-bond acceptors (Lipinski definition) is 4. The number of nitrogens with zero attached hydrogens (tertiary/aromatic N) is 3. The van der Waals surface area contributed by atoms with Gasteiger partial charge in [0, 0.05) is 45.0 Å². The quantitative estimate of drug-likeness (QED) is 0.843. The van der Waals surface area contributed by atoms with Gasteiger partial charge in [0.2, 0.25) is 0 Å². The number of amides is 2. The molecule has 0 aromatic heterocycles. The summed E-state index contributed by atoms with van der Waals surface area (Å²) in [5.74, 6) is 0.756. The first-order valence-electron chi connectivity index (χ1n) is 7.67. The van der Waals surface area contributed by atoms with E-state index in [1.807, 2.05) is 36.2 Å².